The highest BCUT2D eigenvalue weighted by Crippen LogP contribution is 2.13. The molecule has 0 aliphatic carbocycles. The number of nitrogens with zero attached hydrogens (tertiary/aromatic N) is 2. The zero-order chi connectivity index (χ0) is 13.2. The van der Waals surface area contributed by atoms with Gasteiger partial charge in [0.05, 0.1) is 12.1 Å². The van der Waals surface area contributed by atoms with Crippen molar-refractivity contribution in [1.29, 1.82) is 0 Å². The highest BCUT2D eigenvalue weighted by atomic mass is 35.5. The Morgan fingerprint density at radius 3 is 2.68 bits per heavy atom. The van der Waals surface area contributed by atoms with E-state index >= 15 is 0 Å². The molecule has 0 radical (unpaired) electrons. The van der Waals surface area contributed by atoms with E-state index in [1.54, 1.807) is 22.9 Å². The van der Waals surface area contributed by atoms with Crippen LogP contribution in [0.15, 0.2) is 59.5 Å². The number of rotatable bonds is 2. The molecule has 94 valence electrons. The highest BCUT2D eigenvalue weighted by Gasteiger charge is 2.03. The zero-order valence-electron chi connectivity index (χ0n) is 10.1. The van der Waals surface area contributed by atoms with Crippen LogP contribution < -0.4 is 5.56 Å². The van der Waals surface area contributed by atoms with Crippen molar-refractivity contribution in [3.8, 4) is 0 Å². The fourth-order valence-corrected chi connectivity index (χ4v) is 2.20. The van der Waals surface area contributed by atoms with Gasteiger partial charge in [0.15, 0.2) is 0 Å². The average molecular weight is 271 g/mol. The van der Waals surface area contributed by atoms with Gasteiger partial charge in [-0.1, -0.05) is 35.9 Å². The molecule has 3 aromatic rings. The third-order valence-corrected chi connectivity index (χ3v) is 3.25. The van der Waals surface area contributed by atoms with Gasteiger partial charge in [0.25, 0.3) is 5.56 Å². The first-order valence-corrected chi connectivity index (χ1v) is 6.31. The molecular weight excluding hydrogens is 260 g/mol. The van der Waals surface area contributed by atoms with E-state index in [4.69, 9.17) is 11.6 Å². The number of hydrogen-bond acceptors (Lipinski definition) is 2. The highest BCUT2D eigenvalue weighted by molar-refractivity contribution is 6.29. The molecule has 0 N–H and O–H groups in total. The lowest BCUT2D eigenvalue weighted by Crippen LogP contribution is -2.19. The zero-order valence-corrected chi connectivity index (χ0v) is 10.8. The Kier molecular flexibility index (Phi) is 3.05. The van der Waals surface area contributed by atoms with Gasteiger partial charge in [-0.15, -0.1) is 0 Å². The molecule has 0 saturated heterocycles. The first-order chi connectivity index (χ1) is 9.24. The lowest BCUT2D eigenvalue weighted by molar-refractivity contribution is 0.791. The van der Waals surface area contributed by atoms with Gasteiger partial charge in [0, 0.05) is 12.3 Å². The molecule has 0 saturated carbocycles. The predicted octanol–water partition coefficient (Wildman–Crippen LogP) is 3.10. The van der Waals surface area contributed by atoms with Crippen molar-refractivity contribution >= 4 is 22.5 Å². The van der Waals surface area contributed by atoms with E-state index < -0.39 is 0 Å². The maximum absolute atomic E-state index is 12.0. The minimum absolute atomic E-state index is 0.0198. The van der Waals surface area contributed by atoms with Crippen molar-refractivity contribution in [2.24, 2.45) is 0 Å². The van der Waals surface area contributed by atoms with E-state index in [9.17, 15) is 4.79 Å². The minimum Gasteiger partial charge on any atom is -0.304 e. The van der Waals surface area contributed by atoms with Crippen LogP contribution in [0.5, 0.6) is 0 Å². The van der Waals surface area contributed by atoms with Crippen molar-refractivity contribution in [3.05, 3.63) is 75.8 Å². The summed E-state index contributed by atoms with van der Waals surface area (Å²) in [5, 5.41) is 1.50. The quantitative estimate of drug-likeness (QED) is 0.671. The second kappa shape index (κ2) is 4.86. The van der Waals surface area contributed by atoms with E-state index in [1.165, 1.54) is 0 Å². The van der Waals surface area contributed by atoms with Crippen LogP contribution in [0.2, 0.25) is 5.15 Å². The van der Waals surface area contributed by atoms with Crippen LogP contribution in [0.3, 0.4) is 0 Å². The molecule has 0 atom stereocenters. The van der Waals surface area contributed by atoms with Gasteiger partial charge in [0.1, 0.15) is 5.15 Å². The first-order valence-electron chi connectivity index (χ1n) is 5.93. The number of benzene rings is 1. The summed E-state index contributed by atoms with van der Waals surface area (Å²) in [7, 11) is 0. The molecule has 0 spiro atoms. The van der Waals surface area contributed by atoms with E-state index in [1.807, 2.05) is 36.4 Å². The molecule has 0 bridgehead atoms. The Hall–Kier alpha value is -2.13. The Morgan fingerprint density at radius 2 is 1.89 bits per heavy atom. The molecule has 0 fully saturated rings. The molecular formula is C15H11ClN2O. The van der Waals surface area contributed by atoms with Crippen LogP contribution in [0.1, 0.15) is 5.56 Å². The van der Waals surface area contributed by atoms with Gasteiger partial charge in [0.2, 0.25) is 0 Å². The lowest BCUT2D eigenvalue weighted by Gasteiger charge is -2.09. The minimum atomic E-state index is -0.0198. The number of hydrogen-bond donors (Lipinski definition) is 0. The van der Waals surface area contributed by atoms with E-state index in [0.717, 1.165) is 16.5 Å². The van der Waals surface area contributed by atoms with Gasteiger partial charge in [-0.05, 0) is 29.1 Å². The second-order valence-corrected chi connectivity index (χ2v) is 4.69. The number of pyridine rings is 2. The molecule has 0 amide bonds. The van der Waals surface area contributed by atoms with Gasteiger partial charge in [-0.2, -0.15) is 0 Å². The largest absolute Gasteiger partial charge is 0.304 e. The molecule has 1 aromatic carbocycles. The molecule has 2 aromatic heterocycles. The predicted molar refractivity (Wildman–Crippen MR) is 76.6 cm³/mol. The summed E-state index contributed by atoms with van der Waals surface area (Å²) in [6.07, 6.45) is 1.69. The van der Waals surface area contributed by atoms with Crippen molar-refractivity contribution < 1.29 is 0 Å². The summed E-state index contributed by atoms with van der Waals surface area (Å²) in [5.41, 5.74) is 1.85. The molecule has 0 unspecified atom stereocenters. The smallest absolute Gasteiger partial charge is 0.251 e. The van der Waals surface area contributed by atoms with Crippen LogP contribution in [0, 0.1) is 0 Å². The van der Waals surface area contributed by atoms with Crippen LogP contribution in [0.25, 0.3) is 10.9 Å². The third-order valence-electron chi connectivity index (χ3n) is 3.03. The summed E-state index contributed by atoms with van der Waals surface area (Å²) in [6, 6.07) is 14.9. The van der Waals surface area contributed by atoms with Crippen LogP contribution >= 0.6 is 11.6 Å². The summed E-state index contributed by atoms with van der Waals surface area (Å²) in [6.45, 7) is 0.490. The molecule has 2 heterocycles. The number of aromatic nitrogens is 2. The monoisotopic (exact) mass is 270 g/mol. The topological polar surface area (TPSA) is 34.9 Å². The second-order valence-electron chi connectivity index (χ2n) is 4.31. The van der Waals surface area contributed by atoms with Gasteiger partial charge < -0.3 is 4.57 Å². The molecule has 4 heteroatoms. The summed E-state index contributed by atoms with van der Waals surface area (Å²) in [5.74, 6) is 0. The molecule has 0 aliphatic rings. The number of para-hydroxylation sites is 1. The Bertz CT molecular complexity index is 778. The van der Waals surface area contributed by atoms with Gasteiger partial charge in [-0.25, -0.2) is 4.98 Å². The molecule has 19 heavy (non-hydrogen) atoms. The van der Waals surface area contributed by atoms with Crippen molar-refractivity contribution in [3.63, 3.8) is 0 Å². The maximum atomic E-state index is 12.0. The van der Waals surface area contributed by atoms with Crippen LogP contribution in [-0.2, 0) is 6.54 Å². The Labute approximate surface area is 115 Å². The summed E-state index contributed by atoms with van der Waals surface area (Å²) >= 11 is 5.76. The average Bonchev–Trinajstić information content (AvgIpc) is 2.44. The maximum Gasteiger partial charge on any atom is 0.251 e. The molecule has 3 nitrogen and oxygen atoms in total. The standard InChI is InChI=1S/C15H11ClN2O/c16-14-7-5-11(9-17-14)10-18-13-4-2-1-3-12(13)6-8-15(18)19/h1-9H,10H2. The van der Waals surface area contributed by atoms with Crippen molar-refractivity contribution in [1.82, 2.24) is 9.55 Å². The van der Waals surface area contributed by atoms with Crippen LogP contribution in [-0.4, -0.2) is 9.55 Å². The molecule has 0 aliphatic heterocycles. The Balaban J connectivity index is 2.12. The number of fused-ring (bicyclic) bond motifs is 1. The number of halogens is 1. The summed E-state index contributed by atoms with van der Waals surface area (Å²) in [4.78, 5) is 16.1. The molecule has 3 rings (SSSR count). The van der Waals surface area contributed by atoms with Gasteiger partial charge >= 0.3 is 0 Å². The van der Waals surface area contributed by atoms with E-state index in [0.29, 0.717) is 11.7 Å². The van der Waals surface area contributed by atoms with E-state index in [2.05, 4.69) is 4.98 Å². The fourth-order valence-electron chi connectivity index (χ4n) is 2.09. The van der Waals surface area contributed by atoms with Crippen molar-refractivity contribution in [2.75, 3.05) is 0 Å². The fraction of sp³-hybridized carbons (Fsp3) is 0.0667. The first kappa shape index (κ1) is 11.9. The Morgan fingerprint density at radius 1 is 1.05 bits per heavy atom. The summed E-state index contributed by atoms with van der Waals surface area (Å²) < 4.78 is 1.74. The van der Waals surface area contributed by atoms with E-state index in [-0.39, 0.29) is 5.56 Å². The third kappa shape index (κ3) is 2.37. The lowest BCUT2D eigenvalue weighted by atomic mass is 10.2. The van der Waals surface area contributed by atoms with Gasteiger partial charge in [-0.3, -0.25) is 4.79 Å². The van der Waals surface area contributed by atoms with Crippen molar-refractivity contribution in [2.45, 2.75) is 6.54 Å². The van der Waals surface area contributed by atoms with Crippen LogP contribution in [0.4, 0.5) is 0 Å². The normalized spacial score (nSPS) is 10.8. The SMILES string of the molecule is O=c1ccc2ccccc2n1Cc1ccc(Cl)nc1.